The number of rotatable bonds is 16. The van der Waals surface area contributed by atoms with E-state index in [1.54, 1.807) is 0 Å². The van der Waals surface area contributed by atoms with Crippen molar-refractivity contribution >= 4 is 11.4 Å². The lowest BCUT2D eigenvalue weighted by atomic mass is 9.95. The van der Waals surface area contributed by atoms with Gasteiger partial charge in [-0.25, -0.2) is 0 Å². The van der Waals surface area contributed by atoms with Crippen LogP contribution >= 0.6 is 0 Å². The highest BCUT2D eigenvalue weighted by Crippen LogP contribution is 2.15. The van der Waals surface area contributed by atoms with E-state index < -0.39 is 0 Å². The molecule has 0 saturated carbocycles. The van der Waals surface area contributed by atoms with Crippen LogP contribution in [-0.4, -0.2) is 24.2 Å². The van der Waals surface area contributed by atoms with Crippen LogP contribution < -0.4 is 15.2 Å². The zero-order chi connectivity index (χ0) is 25.0. The predicted octanol–water partition coefficient (Wildman–Crippen LogP) is 3.48. The average Bonchev–Trinajstić information content (AvgIpc) is 2.83. The van der Waals surface area contributed by atoms with E-state index >= 15 is 0 Å². The third kappa shape index (κ3) is 9.45. The maximum absolute atomic E-state index is 12.7. The van der Waals surface area contributed by atoms with Crippen molar-refractivity contribution in [1.29, 1.82) is 0 Å². The summed E-state index contributed by atoms with van der Waals surface area (Å²) >= 11 is 0. The van der Waals surface area contributed by atoms with Crippen molar-refractivity contribution in [2.45, 2.75) is 90.1 Å². The third-order valence-electron chi connectivity index (χ3n) is 6.82. The van der Waals surface area contributed by atoms with Gasteiger partial charge in [-0.3, -0.25) is 0 Å². The Bertz CT molecular complexity index is 732. The van der Waals surface area contributed by atoms with E-state index in [9.17, 15) is 15.6 Å². The van der Waals surface area contributed by atoms with Crippen molar-refractivity contribution in [3.05, 3.63) is 76.3 Å². The standard InChI is InChI=1S/C28H45N3O3/c1-27(2,30(33)25-17-9-5-10-18-25)21-13-7-15-23-29(32)24-16-8-14-22-28(3,4)31(34)26-19-11-6-12-20-26/h5-6,9-12,17-20,29-31H,7-8,13-16,21-24H2,1-4H3. The molecule has 2 rings (SSSR count). The summed E-state index contributed by atoms with van der Waals surface area (Å²) in [5, 5.41) is 38.4. The molecule has 0 bridgehead atoms. The Kier molecular flexibility index (Phi) is 11.6. The second-order valence-corrected chi connectivity index (χ2v) is 10.8. The summed E-state index contributed by atoms with van der Waals surface area (Å²) in [4.78, 5) is 0. The molecule has 2 aromatic rings. The van der Waals surface area contributed by atoms with Crippen LogP contribution in [0.25, 0.3) is 0 Å². The zero-order valence-electron chi connectivity index (χ0n) is 21.6. The molecule has 0 aromatic heterocycles. The minimum Gasteiger partial charge on any atom is -0.634 e. The molecule has 0 heterocycles. The van der Waals surface area contributed by atoms with Crippen LogP contribution in [0.2, 0.25) is 0 Å². The Morgan fingerprint density at radius 2 is 0.882 bits per heavy atom. The van der Waals surface area contributed by atoms with Gasteiger partial charge in [0.25, 0.3) is 0 Å². The number of nitrogens with one attached hydrogen (secondary N) is 3. The fourth-order valence-corrected chi connectivity index (χ4v) is 4.44. The maximum atomic E-state index is 12.7. The monoisotopic (exact) mass is 471 g/mol. The topological polar surface area (TPSA) is 82.5 Å². The molecule has 34 heavy (non-hydrogen) atoms. The van der Waals surface area contributed by atoms with Crippen molar-refractivity contribution in [2.75, 3.05) is 13.1 Å². The smallest absolute Gasteiger partial charge is 0.131 e. The minimum absolute atomic E-state index is 0.192. The predicted molar refractivity (Wildman–Crippen MR) is 140 cm³/mol. The van der Waals surface area contributed by atoms with Gasteiger partial charge in [0, 0.05) is 12.8 Å². The summed E-state index contributed by atoms with van der Waals surface area (Å²) in [7, 11) is 0. The van der Waals surface area contributed by atoms with E-state index in [0.717, 1.165) is 62.7 Å². The van der Waals surface area contributed by atoms with Gasteiger partial charge in [0.05, 0.1) is 24.2 Å². The molecule has 6 heteroatoms. The lowest BCUT2D eigenvalue weighted by Gasteiger charge is -2.38. The molecule has 0 amide bonds. The number of quaternary nitrogens is 3. The number of hydroxylamine groups is 4. The first kappa shape index (κ1) is 28.4. The third-order valence-corrected chi connectivity index (χ3v) is 6.82. The van der Waals surface area contributed by atoms with Gasteiger partial charge in [-0.15, -0.1) is 0 Å². The number of benzene rings is 2. The van der Waals surface area contributed by atoms with E-state index in [4.69, 9.17) is 0 Å². The lowest BCUT2D eigenvalue weighted by Crippen LogP contribution is -3.10. The second-order valence-electron chi connectivity index (χ2n) is 10.8. The van der Waals surface area contributed by atoms with E-state index in [0.29, 0.717) is 18.2 Å². The van der Waals surface area contributed by atoms with Gasteiger partial charge >= 0.3 is 0 Å². The molecule has 2 aromatic carbocycles. The molecular weight excluding hydrogens is 426 g/mol. The van der Waals surface area contributed by atoms with Crippen LogP contribution in [0.1, 0.15) is 79.1 Å². The highest BCUT2D eigenvalue weighted by molar-refractivity contribution is 5.29. The van der Waals surface area contributed by atoms with Crippen molar-refractivity contribution in [1.82, 2.24) is 0 Å². The molecule has 0 aliphatic carbocycles. The van der Waals surface area contributed by atoms with Crippen LogP contribution in [0.5, 0.6) is 0 Å². The fourth-order valence-electron chi connectivity index (χ4n) is 4.44. The van der Waals surface area contributed by atoms with Crippen LogP contribution in [0.3, 0.4) is 0 Å². The van der Waals surface area contributed by atoms with Crippen LogP contribution in [-0.2, 0) is 0 Å². The van der Waals surface area contributed by atoms with Crippen LogP contribution in [0.4, 0.5) is 11.4 Å². The van der Waals surface area contributed by atoms with Crippen LogP contribution in [0, 0.1) is 15.6 Å². The van der Waals surface area contributed by atoms with Crippen molar-refractivity contribution < 1.29 is 15.2 Å². The second kappa shape index (κ2) is 13.9. The molecule has 3 N–H and O–H groups in total. The summed E-state index contributed by atoms with van der Waals surface area (Å²) in [6, 6.07) is 19.0. The molecular formula is C28H45N3O3. The van der Waals surface area contributed by atoms with Gasteiger partial charge in [-0.1, -0.05) is 36.4 Å². The normalized spacial score (nSPS) is 15.1. The first-order valence-electron chi connectivity index (χ1n) is 12.8. The largest absolute Gasteiger partial charge is 0.634 e. The minimum atomic E-state index is -0.374. The average molecular weight is 472 g/mol. The fraction of sp³-hybridized carbons (Fsp3) is 0.571. The first-order chi connectivity index (χ1) is 16.1. The highest BCUT2D eigenvalue weighted by atomic mass is 16.5. The van der Waals surface area contributed by atoms with Crippen molar-refractivity contribution in [2.24, 2.45) is 0 Å². The highest BCUT2D eigenvalue weighted by Gasteiger charge is 2.27. The van der Waals surface area contributed by atoms with Gasteiger partial charge in [-0.05, 0) is 90.5 Å². The Morgan fingerprint density at radius 1 is 0.529 bits per heavy atom. The summed E-state index contributed by atoms with van der Waals surface area (Å²) in [5.74, 6) is 0. The Labute approximate surface area is 206 Å². The number of hydrogen-bond acceptors (Lipinski definition) is 3. The molecule has 0 aliphatic rings. The van der Waals surface area contributed by atoms with E-state index in [1.807, 2.05) is 88.4 Å². The molecule has 0 fully saturated rings. The molecule has 0 aliphatic heterocycles. The Hall–Kier alpha value is -1.80. The van der Waals surface area contributed by atoms with E-state index in [1.165, 1.54) is 0 Å². The molecule has 190 valence electrons. The lowest BCUT2D eigenvalue weighted by molar-refractivity contribution is -0.848. The molecule has 6 nitrogen and oxygen atoms in total. The van der Waals surface area contributed by atoms with Crippen molar-refractivity contribution in [3.8, 4) is 0 Å². The quantitative estimate of drug-likeness (QED) is 0.259. The van der Waals surface area contributed by atoms with Gasteiger partial charge in [0.2, 0.25) is 0 Å². The van der Waals surface area contributed by atoms with E-state index in [2.05, 4.69) is 0 Å². The molecule has 0 radical (unpaired) electrons. The maximum Gasteiger partial charge on any atom is 0.131 e. The first-order valence-corrected chi connectivity index (χ1v) is 12.8. The Morgan fingerprint density at radius 3 is 1.24 bits per heavy atom. The summed E-state index contributed by atoms with van der Waals surface area (Å²) in [5.41, 5.74) is 0.799. The molecule has 2 atom stereocenters. The number of hydrogen-bond donors (Lipinski definition) is 3. The SMILES string of the molecule is CC(C)(CCCCC[NH+]([O-])CCCCCC(C)(C)[NH+]([O-])c1ccccc1)[NH+]([O-])c1ccccc1. The van der Waals surface area contributed by atoms with E-state index in [-0.39, 0.29) is 21.2 Å². The number of unbranched alkanes of at least 4 members (excludes halogenated alkanes) is 4. The summed E-state index contributed by atoms with van der Waals surface area (Å²) < 4.78 is 0. The van der Waals surface area contributed by atoms with Gasteiger partial charge in [-0.2, -0.15) is 0 Å². The van der Waals surface area contributed by atoms with Gasteiger partial charge < -0.3 is 30.8 Å². The van der Waals surface area contributed by atoms with Gasteiger partial charge in [0.15, 0.2) is 0 Å². The molecule has 2 unspecified atom stereocenters. The summed E-state index contributed by atoms with van der Waals surface area (Å²) in [6.45, 7) is 9.32. The molecule has 0 saturated heterocycles. The summed E-state index contributed by atoms with van der Waals surface area (Å²) in [6.07, 6.45) is 7.35. The van der Waals surface area contributed by atoms with Crippen molar-refractivity contribution in [3.63, 3.8) is 0 Å². The molecule has 0 spiro atoms. The zero-order valence-corrected chi connectivity index (χ0v) is 21.6. The van der Waals surface area contributed by atoms with Gasteiger partial charge in [0.1, 0.15) is 11.4 Å². The van der Waals surface area contributed by atoms with Crippen LogP contribution in [0.15, 0.2) is 60.7 Å². The Balaban J connectivity index is 1.55. The number of para-hydroxylation sites is 2.